The zero-order chi connectivity index (χ0) is 22.4. The molecule has 1 atom stereocenters. The average Bonchev–Trinajstić information content (AvgIpc) is 2.75. The molecule has 0 heterocycles. The number of rotatable bonds is 8. The smallest absolute Gasteiger partial charge is 0.262 e. The van der Waals surface area contributed by atoms with E-state index >= 15 is 0 Å². The maximum atomic E-state index is 12.8. The minimum atomic E-state index is -3.84. The van der Waals surface area contributed by atoms with Gasteiger partial charge in [-0.05, 0) is 54.4 Å². The van der Waals surface area contributed by atoms with Crippen LogP contribution in [0.1, 0.15) is 17.2 Å². The Kier molecular flexibility index (Phi) is 6.94. The van der Waals surface area contributed by atoms with Gasteiger partial charge in [0.05, 0.1) is 17.7 Å². The summed E-state index contributed by atoms with van der Waals surface area (Å²) in [6, 6.07) is 20.2. The first-order valence-electron chi connectivity index (χ1n) is 9.50. The number of ether oxygens (including phenoxy) is 2. The Morgan fingerprint density at radius 3 is 2.23 bits per heavy atom. The van der Waals surface area contributed by atoms with Crippen LogP contribution in [0, 0.1) is 6.92 Å². The number of nitrogens with one attached hydrogen (secondary N) is 2. The van der Waals surface area contributed by atoms with E-state index in [-0.39, 0.29) is 10.8 Å². The number of benzene rings is 3. The molecule has 1 amide bonds. The summed E-state index contributed by atoms with van der Waals surface area (Å²) in [7, 11) is -0.908. The molecule has 3 rings (SSSR count). The summed E-state index contributed by atoms with van der Waals surface area (Å²) in [5.41, 5.74) is 2.42. The van der Waals surface area contributed by atoms with E-state index in [4.69, 9.17) is 9.47 Å². The molecule has 0 unspecified atom stereocenters. The van der Waals surface area contributed by atoms with Gasteiger partial charge in [-0.2, -0.15) is 0 Å². The lowest BCUT2D eigenvalue weighted by atomic mass is 10.1. The molecule has 0 aliphatic rings. The highest BCUT2D eigenvalue weighted by Gasteiger charge is 2.21. The maximum Gasteiger partial charge on any atom is 0.262 e. The van der Waals surface area contributed by atoms with Crippen LogP contribution in [0.5, 0.6) is 5.75 Å². The van der Waals surface area contributed by atoms with Gasteiger partial charge in [0.25, 0.3) is 15.9 Å². The van der Waals surface area contributed by atoms with Crippen LogP contribution in [-0.4, -0.2) is 28.5 Å². The van der Waals surface area contributed by atoms with Crippen molar-refractivity contribution in [2.24, 2.45) is 0 Å². The highest BCUT2D eigenvalue weighted by atomic mass is 32.2. The number of aryl methyl sites for hydroxylation is 1. The van der Waals surface area contributed by atoms with Gasteiger partial charge in [-0.3, -0.25) is 9.52 Å². The minimum Gasteiger partial charge on any atom is -0.495 e. The highest BCUT2D eigenvalue weighted by molar-refractivity contribution is 7.92. The van der Waals surface area contributed by atoms with E-state index in [0.29, 0.717) is 17.1 Å². The molecule has 0 fully saturated rings. The van der Waals surface area contributed by atoms with Crippen molar-refractivity contribution >= 4 is 27.3 Å². The van der Waals surface area contributed by atoms with Crippen molar-refractivity contribution < 1.29 is 22.7 Å². The molecule has 31 heavy (non-hydrogen) atoms. The van der Waals surface area contributed by atoms with E-state index in [0.717, 1.165) is 11.1 Å². The van der Waals surface area contributed by atoms with E-state index in [9.17, 15) is 13.2 Å². The van der Waals surface area contributed by atoms with E-state index in [1.54, 1.807) is 24.3 Å². The Hall–Kier alpha value is -3.36. The first kappa shape index (κ1) is 22.3. The van der Waals surface area contributed by atoms with E-state index < -0.39 is 16.1 Å². The van der Waals surface area contributed by atoms with Crippen molar-refractivity contribution in [3.63, 3.8) is 0 Å². The summed E-state index contributed by atoms with van der Waals surface area (Å²) in [5.74, 6) is 0.0662. The predicted octanol–water partition coefficient (Wildman–Crippen LogP) is 4.13. The lowest BCUT2D eigenvalue weighted by Gasteiger charge is -2.16. The number of hydrogen-bond acceptors (Lipinski definition) is 5. The SMILES string of the molecule is COc1ccc(C)cc1NS(=O)(=O)c1ccc(NC(=O)[C@@H](OC)c2ccccc2)cc1. The third-order valence-electron chi connectivity index (χ3n) is 4.61. The number of carbonyl (C=O) groups is 1. The predicted molar refractivity (Wildman–Crippen MR) is 120 cm³/mol. The van der Waals surface area contributed by atoms with Crippen LogP contribution in [0.2, 0.25) is 0 Å². The Morgan fingerprint density at radius 2 is 1.61 bits per heavy atom. The molecule has 162 valence electrons. The molecule has 0 aromatic heterocycles. The summed E-state index contributed by atoms with van der Waals surface area (Å²) in [5, 5.41) is 2.75. The van der Waals surface area contributed by atoms with Gasteiger partial charge in [-0.15, -0.1) is 0 Å². The molecule has 0 saturated heterocycles. The van der Waals surface area contributed by atoms with E-state index in [1.165, 1.54) is 38.5 Å². The average molecular weight is 441 g/mol. The van der Waals surface area contributed by atoms with Crippen LogP contribution in [0.25, 0.3) is 0 Å². The minimum absolute atomic E-state index is 0.0559. The number of sulfonamides is 1. The third kappa shape index (κ3) is 5.42. The van der Waals surface area contributed by atoms with Crippen molar-refractivity contribution in [3.05, 3.63) is 83.9 Å². The molecular formula is C23H24N2O5S. The molecule has 3 aromatic carbocycles. The molecule has 8 heteroatoms. The van der Waals surface area contributed by atoms with Crippen LogP contribution in [0.3, 0.4) is 0 Å². The van der Waals surface area contributed by atoms with Gasteiger partial charge >= 0.3 is 0 Å². The molecular weight excluding hydrogens is 416 g/mol. The van der Waals surface area contributed by atoms with Crippen LogP contribution < -0.4 is 14.8 Å². The Balaban J connectivity index is 1.75. The zero-order valence-electron chi connectivity index (χ0n) is 17.5. The topological polar surface area (TPSA) is 93.7 Å². The van der Waals surface area contributed by atoms with Crippen LogP contribution >= 0.6 is 0 Å². The van der Waals surface area contributed by atoms with Gasteiger partial charge in [0.15, 0.2) is 6.10 Å². The number of methoxy groups -OCH3 is 2. The first-order valence-corrected chi connectivity index (χ1v) is 11.0. The molecule has 7 nitrogen and oxygen atoms in total. The zero-order valence-corrected chi connectivity index (χ0v) is 18.3. The fourth-order valence-corrected chi connectivity index (χ4v) is 4.11. The van der Waals surface area contributed by atoms with Crippen molar-refractivity contribution in [1.29, 1.82) is 0 Å². The Morgan fingerprint density at radius 1 is 0.935 bits per heavy atom. The van der Waals surface area contributed by atoms with Gasteiger partial charge < -0.3 is 14.8 Å². The number of carbonyl (C=O) groups excluding carboxylic acids is 1. The normalized spacial score (nSPS) is 12.1. The summed E-state index contributed by atoms with van der Waals surface area (Å²) < 4.78 is 38.6. The van der Waals surface area contributed by atoms with Crippen LogP contribution in [0.4, 0.5) is 11.4 Å². The summed E-state index contributed by atoms with van der Waals surface area (Å²) in [6.07, 6.45) is -0.778. The molecule has 0 aliphatic carbocycles. The van der Waals surface area contributed by atoms with E-state index in [1.807, 2.05) is 31.2 Å². The summed E-state index contributed by atoms with van der Waals surface area (Å²) in [6.45, 7) is 1.86. The van der Waals surface area contributed by atoms with Gasteiger partial charge in [0.2, 0.25) is 0 Å². The van der Waals surface area contributed by atoms with Crippen LogP contribution in [0.15, 0.2) is 77.7 Å². The van der Waals surface area contributed by atoms with Crippen molar-refractivity contribution in [2.45, 2.75) is 17.9 Å². The van der Waals surface area contributed by atoms with E-state index in [2.05, 4.69) is 10.0 Å². The molecule has 3 aromatic rings. The van der Waals surface area contributed by atoms with Crippen LogP contribution in [-0.2, 0) is 19.6 Å². The van der Waals surface area contributed by atoms with Gasteiger partial charge in [-0.25, -0.2) is 8.42 Å². The quantitative estimate of drug-likeness (QED) is 0.549. The first-order chi connectivity index (χ1) is 14.8. The second-order valence-electron chi connectivity index (χ2n) is 6.85. The molecule has 2 N–H and O–H groups in total. The lowest BCUT2D eigenvalue weighted by molar-refractivity contribution is -0.126. The molecule has 0 aliphatic heterocycles. The van der Waals surface area contributed by atoms with Gasteiger partial charge in [0, 0.05) is 12.8 Å². The molecule has 0 spiro atoms. The van der Waals surface area contributed by atoms with Gasteiger partial charge in [-0.1, -0.05) is 36.4 Å². The summed E-state index contributed by atoms with van der Waals surface area (Å²) in [4.78, 5) is 12.6. The Labute approximate surface area is 182 Å². The molecule has 0 saturated carbocycles. The van der Waals surface area contributed by atoms with Crippen molar-refractivity contribution in [3.8, 4) is 5.75 Å². The van der Waals surface area contributed by atoms with Crippen molar-refractivity contribution in [1.82, 2.24) is 0 Å². The summed E-state index contributed by atoms with van der Waals surface area (Å²) >= 11 is 0. The molecule has 0 bridgehead atoms. The number of amides is 1. The second-order valence-corrected chi connectivity index (χ2v) is 8.53. The fraction of sp³-hybridized carbons (Fsp3) is 0.174. The third-order valence-corrected chi connectivity index (χ3v) is 5.99. The highest BCUT2D eigenvalue weighted by Crippen LogP contribution is 2.28. The fourth-order valence-electron chi connectivity index (χ4n) is 3.05. The lowest BCUT2D eigenvalue weighted by Crippen LogP contribution is -2.22. The van der Waals surface area contributed by atoms with Gasteiger partial charge in [0.1, 0.15) is 5.75 Å². The number of anilines is 2. The molecule has 0 radical (unpaired) electrons. The standard InChI is InChI=1S/C23H24N2O5S/c1-16-9-14-21(29-2)20(15-16)25-31(27,28)19-12-10-18(11-13-19)24-23(26)22(30-3)17-7-5-4-6-8-17/h4-15,22,25H,1-3H3,(H,24,26)/t22-/m0/s1. The maximum absolute atomic E-state index is 12.8. The largest absolute Gasteiger partial charge is 0.495 e. The monoisotopic (exact) mass is 440 g/mol. The Bertz CT molecular complexity index is 1150. The van der Waals surface area contributed by atoms with Crippen molar-refractivity contribution in [2.75, 3.05) is 24.3 Å². The second kappa shape index (κ2) is 9.63. The number of hydrogen-bond donors (Lipinski definition) is 2.